The minimum atomic E-state index is 0.324. The van der Waals surface area contributed by atoms with Gasteiger partial charge in [-0.2, -0.15) is 0 Å². The molecule has 0 aliphatic carbocycles. The van der Waals surface area contributed by atoms with Gasteiger partial charge in [0.05, 0.1) is 17.8 Å². The van der Waals surface area contributed by atoms with E-state index in [2.05, 4.69) is 10.3 Å². The van der Waals surface area contributed by atoms with Crippen molar-refractivity contribution < 1.29 is 4.74 Å². The standard InChI is InChI=1S/C18H16Cl2N4OS/c1-11-9-17(21)24(26-11)18(22-13-4-6-14(25-2)7-5-13)23-16-10-12(19)3-8-15(16)20/h3-10,21H,1-2H3,(H,22,23). The molecule has 5 nitrogen and oxygen atoms in total. The van der Waals surface area contributed by atoms with Crippen LogP contribution in [-0.4, -0.2) is 17.0 Å². The van der Waals surface area contributed by atoms with Gasteiger partial charge in [0.2, 0.25) is 5.96 Å². The van der Waals surface area contributed by atoms with E-state index < -0.39 is 0 Å². The fraction of sp³-hybridized carbons (Fsp3) is 0.111. The van der Waals surface area contributed by atoms with E-state index >= 15 is 0 Å². The summed E-state index contributed by atoms with van der Waals surface area (Å²) in [6.07, 6.45) is 0. The Morgan fingerprint density at radius 3 is 2.50 bits per heavy atom. The van der Waals surface area contributed by atoms with E-state index in [0.717, 1.165) is 16.3 Å². The average Bonchev–Trinajstić information content (AvgIpc) is 2.96. The zero-order valence-corrected chi connectivity index (χ0v) is 16.4. The number of aromatic nitrogens is 1. The highest BCUT2D eigenvalue weighted by molar-refractivity contribution is 7.07. The first-order valence-electron chi connectivity index (χ1n) is 7.66. The van der Waals surface area contributed by atoms with Gasteiger partial charge in [0.15, 0.2) is 0 Å². The van der Waals surface area contributed by atoms with Crippen LogP contribution in [0.3, 0.4) is 0 Å². The van der Waals surface area contributed by atoms with E-state index in [1.807, 2.05) is 31.2 Å². The van der Waals surface area contributed by atoms with E-state index in [0.29, 0.717) is 27.2 Å². The van der Waals surface area contributed by atoms with Gasteiger partial charge in [-0.25, -0.2) is 8.95 Å². The molecule has 0 saturated carbocycles. The second-order valence-electron chi connectivity index (χ2n) is 5.41. The molecule has 0 unspecified atom stereocenters. The van der Waals surface area contributed by atoms with Crippen LogP contribution < -0.4 is 15.5 Å². The molecule has 0 aliphatic rings. The summed E-state index contributed by atoms with van der Waals surface area (Å²) in [6, 6.07) is 14.3. The fourth-order valence-electron chi connectivity index (χ4n) is 2.24. The predicted molar refractivity (Wildman–Crippen MR) is 108 cm³/mol. The van der Waals surface area contributed by atoms with Crippen LogP contribution in [0.25, 0.3) is 0 Å². The average molecular weight is 407 g/mol. The number of aryl methyl sites for hydroxylation is 1. The quantitative estimate of drug-likeness (QED) is 0.457. The summed E-state index contributed by atoms with van der Waals surface area (Å²) in [5.41, 5.74) is 1.65. The molecular weight excluding hydrogens is 391 g/mol. The van der Waals surface area contributed by atoms with Crippen LogP contribution in [0.2, 0.25) is 10.0 Å². The molecule has 2 aromatic carbocycles. The van der Waals surface area contributed by atoms with Gasteiger partial charge in [-0.3, -0.25) is 5.41 Å². The number of nitrogens with one attached hydrogen (secondary N) is 2. The molecule has 0 atom stereocenters. The van der Waals surface area contributed by atoms with E-state index in [1.54, 1.807) is 35.3 Å². The van der Waals surface area contributed by atoms with Crippen molar-refractivity contribution in [3.63, 3.8) is 0 Å². The van der Waals surface area contributed by atoms with E-state index in [-0.39, 0.29) is 0 Å². The zero-order chi connectivity index (χ0) is 18.7. The Balaban J connectivity index is 2.06. The van der Waals surface area contributed by atoms with E-state index in [4.69, 9.17) is 33.3 Å². The van der Waals surface area contributed by atoms with E-state index in [9.17, 15) is 0 Å². The zero-order valence-electron chi connectivity index (χ0n) is 14.1. The molecule has 1 aromatic heterocycles. The minimum absolute atomic E-state index is 0.324. The molecule has 0 radical (unpaired) electrons. The molecule has 3 rings (SSSR count). The van der Waals surface area contributed by atoms with Crippen molar-refractivity contribution in [2.75, 3.05) is 12.4 Å². The lowest BCUT2D eigenvalue weighted by Gasteiger charge is -2.11. The Kier molecular flexibility index (Phi) is 5.66. The lowest BCUT2D eigenvalue weighted by molar-refractivity contribution is 0.415. The van der Waals surface area contributed by atoms with Crippen molar-refractivity contribution in [2.24, 2.45) is 4.99 Å². The van der Waals surface area contributed by atoms with Crippen molar-refractivity contribution in [1.82, 2.24) is 3.96 Å². The number of nitrogens with zero attached hydrogens (tertiary/aromatic N) is 2. The molecule has 2 N–H and O–H groups in total. The maximum atomic E-state index is 8.19. The molecule has 0 fully saturated rings. The summed E-state index contributed by atoms with van der Waals surface area (Å²) in [4.78, 5) is 5.61. The SMILES string of the molecule is COc1ccc(NC(=Nc2cc(Cl)ccc2Cl)n2sc(C)cc2=N)cc1. The van der Waals surface area contributed by atoms with Crippen LogP contribution in [0.5, 0.6) is 5.75 Å². The second kappa shape index (κ2) is 7.95. The van der Waals surface area contributed by atoms with Gasteiger partial charge in [0, 0.05) is 15.6 Å². The van der Waals surface area contributed by atoms with Crippen LogP contribution in [0.1, 0.15) is 4.88 Å². The number of methoxy groups -OCH3 is 1. The third kappa shape index (κ3) is 4.27. The Bertz CT molecular complexity index is 1010. The third-order valence-electron chi connectivity index (χ3n) is 3.47. The molecule has 0 bridgehead atoms. The summed E-state index contributed by atoms with van der Waals surface area (Å²) in [6.45, 7) is 1.94. The first-order chi connectivity index (χ1) is 12.5. The van der Waals surface area contributed by atoms with Crippen LogP contribution in [-0.2, 0) is 0 Å². The third-order valence-corrected chi connectivity index (χ3v) is 4.98. The lowest BCUT2D eigenvalue weighted by Crippen LogP contribution is -2.28. The van der Waals surface area contributed by atoms with Gasteiger partial charge < -0.3 is 10.1 Å². The van der Waals surface area contributed by atoms with Gasteiger partial charge in [0.1, 0.15) is 11.2 Å². The molecule has 0 amide bonds. The van der Waals surface area contributed by atoms with Crippen LogP contribution in [0, 0.1) is 12.3 Å². The molecule has 134 valence electrons. The Morgan fingerprint density at radius 1 is 1.15 bits per heavy atom. The highest BCUT2D eigenvalue weighted by Crippen LogP contribution is 2.28. The summed E-state index contributed by atoms with van der Waals surface area (Å²) in [5, 5.41) is 12.4. The molecule has 0 spiro atoms. The normalized spacial score (nSPS) is 11.5. The van der Waals surface area contributed by atoms with Crippen molar-refractivity contribution >= 4 is 52.1 Å². The highest BCUT2D eigenvalue weighted by Gasteiger charge is 2.10. The molecular formula is C18H16Cl2N4OS. The molecule has 26 heavy (non-hydrogen) atoms. The van der Waals surface area contributed by atoms with Crippen LogP contribution in [0.15, 0.2) is 53.5 Å². The number of halogens is 2. The highest BCUT2D eigenvalue weighted by atomic mass is 35.5. The van der Waals surface area contributed by atoms with Crippen molar-refractivity contribution in [1.29, 1.82) is 5.41 Å². The van der Waals surface area contributed by atoms with Crippen LogP contribution >= 0.6 is 34.7 Å². The number of benzene rings is 2. The van der Waals surface area contributed by atoms with Crippen molar-refractivity contribution in [2.45, 2.75) is 6.92 Å². The number of ether oxygens (including phenoxy) is 1. The number of hydrogen-bond acceptors (Lipinski definition) is 4. The smallest absolute Gasteiger partial charge is 0.223 e. The Hall–Kier alpha value is -2.28. The fourth-order valence-corrected chi connectivity index (χ4v) is 3.34. The van der Waals surface area contributed by atoms with Gasteiger partial charge in [0.25, 0.3) is 0 Å². The van der Waals surface area contributed by atoms with Crippen LogP contribution in [0.4, 0.5) is 11.4 Å². The molecule has 8 heteroatoms. The van der Waals surface area contributed by atoms with Gasteiger partial charge in [-0.1, -0.05) is 34.7 Å². The Morgan fingerprint density at radius 2 is 1.88 bits per heavy atom. The minimum Gasteiger partial charge on any atom is -0.497 e. The largest absolute Gasteiger partial charge is 0.497 e. The van der Waals surface area contributed by atoms with E-state index in [1.165, 1.54) is 11.5 Å². The summed E-state index contributed by atoms with van der Waals surface area (Å²) < 4.78 is 6.87. The monoisotopic (exact) mass is 406 g/mol. The number of hydrogen-bond donors (Lipinski definition) is 2. The van der Waals surface area contributed by atoms with Gasteiger partial charge >= 0.3 is 0 Å². The second-order valence-corrected chi connectivity index (χ2v) is 7.45. The number of rotatable bonds is 3. The predicted octanol–water partition coefficient (Wildman–Crippen LogP) is 5.30. The first kappa shape index (κ1) is 18.5. The summed E-state index contributed by atoms with van der Waals surface area (Å²) in [5.74, 6) is 1.22. The first-order valence-corrected chi connectivity index (χ1v) is 9.19. The molecule has 0 aliphatic heterocycles. The van der Waals surface area contributed by atoms with Gasteiger partial charge in [-0.15, -0.1) is 0 Å². The number of aliphatic imine (C=N–C) groups is 1. The molecule has 1 heterocycles. The lowest BCUT2D eigenvalue weighted by atomic mass is 10.3. The van der Waals surface area contributed by atoms with Gasteiger partial charge in [-0.05, 0) is 55.5 Å². The number of anilines is 1. The van der Waals surface area contributed by atoms with Crippen molar-refractivity contribution in [3.8, 4) is 5.75 Å². The molecule has 0 saturated heterocycles. The molecule has 3 aromatic rings. The summed E-state index contributed by atoms with van der Waals surface area (Å²) >= 11 is 13.7. The Labute approximate surface area is 165 Å². The maximum Gasteiger partial charge on any atom is 0.223 e. The topological polar surface area (TPSA) is 62.4 Å². The van der Waals surface area contributed by atoms with Crippen molar-refractivity contribution in [3.05, 3.63) is 68.9 Å². The maximum absolute atomic E-state index is 8.19. The summed E-state index contributed by atoms with van der Waals surface area (Å²) in [7, 11) is 1.62.